The summed E-state index contributed by atoms with van der Waals surface area (Å²) in [5, 5.41) is 11.3. The largest absolute Gasteiger partial charge is 0.394 e. The second-order valence-electron chi connectivity index (χ2n) is 6.51. The molecule has 1 aromatic heterocycles. The number of halogens is 5. The van der Waals surface area contributed by atoms with Crippen molar-refractivity contribution < 1.29 is 36.6 Å². The van der Waals surface area contributed by atoms with E-state index in [1.54, 1.807) is 23.4 Å². The molecular formula is C18H16F5N5O3. The van der Waals surface area contributed by atoms with Crippen LogP contribution in [0.1, 0.15) is 10.4 Å². The zero-order chi connectivity index (χ0) is 22.7. The Morgan fingerprint density at radius 3 is 1.97 bits per heavy atom. The fraction of sp³-hybridized carbons (Fsp3) is 0.333. The Kier molecular flexibility index (Phi) is 6.63. The van der Waals surface area contributed by atoms with E-state index in [9.17, 15) is 36.6 Å². The number of nitrogens with zero attached hydrogens (tertiary/aromatic N) is 4. The number of aliphatic hydroxyl groups is 1. The third-order valence-electron chi connectivity index (χ3n) is 4.65. The highest BCUT2D eigenvalue weighted by Crippen LogP contribution is 2.23. The first-order chi connectivity index (χ1) is 14.8. The number of benzene rings is 1. The van der Waals surface area contributed by atoms with Crippen molar-refractivity contribution in [3.8, 4) is 0 Å². The van der Waals surface area contributed by atoms with Gasteiger partial charge in [-0.1, -0.05) is 0 Å². The molecule has 1 fully saturated rings. The normalized spacial score (nSPS) is 15.0. The van der Waals surface area contributed by atoms with Gasteiger partial charge in [-0.15, -0.1) is 0 Å². The van der Waals surface area contributed by atoms with Gasteiger partial charge in [0.1, 0.15) is 11.6 Å². The molecule has 0 saturated carbocycles. The van der Waals surface area contributed by atoms with E-state index < -0.39 is 59.1 Å². The summed E-state index contributed by atoms with van der Waals surface area (Å²) < 4.78 is 67.4. The molecule has 2 amide bonds. The average Bonchev–Trinajstić information content (AvgIpc) is 2.80. The van der Waals surface area contributed by atoms with Crippen LogP contribution in [0.25, 0.3) is 0 Å². The van der Waals surface area contributed by atoms with Crippen LogP contribution in [-0.4, -0.2) is 70.6 Å². The van der Waals surface area contributed by atoms with Gasteiger partial charge in [-0.05, 0) is 6.07 Å². The molecule has 3 rings (SSSR count). The van der Waals surface area contributed by atoms with Crippen molar-refractivity contribution >= 4 is 17.8 Å². The molecule has 1 aromatic carbocycles. The Balaban J connectivity index is 1.69. The second-order valence-corrected chi connectivity index (χ2v) is 6.51. The molecule has 2 heterocycles. The molecule has 0 aliphatic carbocycles. The molecule has 2 aromatic rings. The van der Waals surface area contributed by atoms with E-state index in [1.807, 2.05) is 5.32 Å². The Morgan fingerprint density at radius 2 is 1.45 bits per heavy atom. The van der Waals surface area contributed by atoms with Gasteiger partial charge in [0.2, 0.25) is 17.7 Å². The van der Waals surface area contributed by atoms with E-state index >= 15 is 0 Å². The van der Waals surface area contributed by atoms with E-state index in [-0.39, 0.29) is 13.1 Å². The van der Waals surface area contributed by atoms with Gasteiger partial charge in [0.25, 0.3) is 5.91 Å². The number of piperazine rings is 1. The maximum absolute atomic E-state index is 13.8. The van der Waals surface area contributed by atoms with Crippen molar-refractivity contribution in [3.63, 3.8) is 0 Å². The van der Waals surface area contributed by atoms with Crippen molar-refractivity contribution in [3.05, 3.63) is 53.1 Å². The van der Waals surface area contributed by atoms with E-state index in [4.69, 9.17) is 0 Å². The predicted octanol–water partition coefficient (Wildman–Crippen LogP) is 0.612. The number of carbonyl (C=O) groups is 2. The molecule has 13 heteroatoms. The number of aromatic nitrogens is 2. The van der Waals surface area contributed by atoms with Gasteiger partial charge in [0.05, 0.1) is 6.61 Å². The number of hydrogen-bond acceptors (Lipinski definition) is 6. The minimum atomic E-state index is -2.42. The van der Waals surface area contributed by atoms with Crippen molar-refractivity contribution in [2.75, 3.05) is 37.7 Å². The van der Waals surface area contributed by atoms with Gasteiger partial charge in [-0.25, -0.2) is 31.9 Å². The fourth-order valence-corrected chi connectivity index (χ4v) is 3.02. The number of carbonyl (C=O) groups excluding carboxylic acids is 2. The van der Waals surface area contributed by atoms with Crippen LogP contribution in [0.15, 0.2) is 18.5 Å². The maximum atomic E-state index is 13.8. The highest BCUT2D eigenvalue weighted by molar-refractivity contribution is 5.98. The summed E-state index contributed by atoms with van der Waals surface area (Å²) in [6, 6.07) is -0.00973. The molecule has 1 unspecified atom stereocenters. The first kappa shape index (κ1) is 22.3. The minimum Gasteiger partial charge on any atom is -0.394 e. The standard InChI is InChI=1S/C18H16F5N5O3/c19-11-10(12(20)14(22)15(23)13(11)21)16(30)26-9(8-29)17(31)27-4-6-28(7-5-27)18-24-2-1-3-25-18/h1-3,9,29H,4-8H2,(H,26,30). The first-order valence-electron chi connectivity index (χ1n) is 9.00. The molecular weight excluding hydrogens is 429 g/mol. The van der Waals surface area contributed by atoms with E-state index in [2.05, 4.69) is 9.97 Å². The SMILES string of the molecule is O=C(NC(CO)C(=O)N1CCN(c2ncccn2)CC1)c1c(F)c(F)c(F)c(F)c1F. The van der Waals surface area contributed by atoms with Gasteiger partial charge < -0.3 is 20.2 Å². The molecule has 8 nitrogen and oxygen atoms in total. The zero-order valence-electron chi connectivity index (χ0n) is 15.8. The molecule has 0 radical (unpaired) electrons. The topological polar surface area (TPSA) is 98.7 Å². The second kappa shape index (κ2) is 9.20. The lowest BCUT2D eigenvalue weighted by molar-refractivity contribution is -0.134. The van der Waals surface area contributed by atoms with Crippen LogP contribution in [0.3, 0.4) is 0 Å². The first-order valence-corrected chi connectivity index (χ1v) is 9.00. The maximum Gasteiger partial charge on any atom is 0.258 e. The van der Waals surface area contributed by atoms with Crippen LogP contribution in [-0.2, 0) is 4.79 Å². The summed E-state index contributed by atoms with van der Waals surface area (Å²) in [6.07, 6.45) is 3.10. The summed E-state index contributed by atoms with van der Waals surface area (Å²) in [7, 11) is 0. The lowest BCUT2D eigenvalue weighted by atomic mass is 10.1. The number of amides is 2. The smallest absolute Gasteiger partial charge is 0.258 e. The number of nitrogens with one attached hydrogen (secondary N) is 1. The number of aliphatic hydroxyl groups excluding tert-OH is 1. The molecule has 1 atom stereocenters. The molecule has 0 spiro atoms. The number of hydrogen-bond donors (Lipinski definition) is 2. The highest BCUT2D eigenvalue weighted by Gasteiger charge is 2.33. The Hall–Kier alpha value is -3.35. The van der Waals surface area contributed by atoms with Gasteiger partial charge in [0, 0.05) is 38.6 Å². The van der Waals surface area contributed by atoms with Crippen LogP contribution in [0.2, 0.25) is 0 Å². The Labute approximate surface area is 172 Å². The van der Waals surface area contributed by atoms with Crippen LogP contribution < -0.4 is 10.2 Å². The molecule has 1 aliphatic rings. The Morgan fingerprint density at radius 1 is 0.935 bits per heavy atom. The summed E-state index contributed by atoms with van der Waals surface area (Å²) in [4.78, 5) is 36.0. The molecule has 1 aliphatic heterocycles. The summed E-state index contributed by atoms with van der Waals surface area (Å²) in [5.74, 6) is -13.7. The predicted molar refractivity (Wildman–Crippen MR) is 95.4 cm³/mol. The molecule has 2 N–H and O–H groups in total. The van der Waals surface area contributed by atoms with Gasteiger partial charge in [0.15, 0.2) is 23.3 Å². The summed E-state index contributed by atoms with van der Waals surface area (Å²) in [6.45, 7) is 0.0267. The van der Waals surface area contributed by atoms with Gasteiger partial charge >= 0.3 is 0 Å². The minimum absolute atomic E-state index is 0.159. The number of anilines is 1. The lowest BCUT2D eigenvalue weighted by Crippen LogP contribution is -2.56. The lowest BCUT2D eigenvalue weighted by Gasteiger charge is -2.36. The summed E-state index contributed by atoms with van der Waals surface area (Å²) >= 11 is 0. The van der Waals surface area contributed by atoms with E-state index in [0.29, 0.717) is 19.0 Å². The average molecular weight is 445 g/mol. The molecule has 31 heavy (non-hydrogen) atoms. The van der Waals surface area contributed by atoms with Crippen molar-refractivity contribution in [1.82, 2.24) is 20.2 Å². The van der Waals surface area contributed by atoms with E-state index in [0.717, 1.165) is 0 Å². The third-order valence-corrected chi connectivity index (χ3v) is 4.65. The number of rotatable bonds is 5. The monoisotopic (exact) mass is 445 g/mol. The summed E-state index contributed by atoms with van der Waals surface area (Å²) in [5.41, 5.74) is -1.74. The molecule has 166 valence electrons. The highest BCUT2D eigenvalue weighted by atomic mass is 19.2. The van der Waals surface area contributed by atoms with Crippen molar-refractivity contribution in [2.45, 2.75) is 6.04 Å². The van der Waals surface area contributed by atoms with Gasteiger partial charge in [-0.3, -0.25) is 9.59 Å². The van der Waals surface area contributed by atoms with Crippen LogP contribution >= 0.6 is 0 Å². The zero-order valence-corrected chi connectivity index (χ0v) is 15.8. The van der Waals surface area contributed by atoms with Crippen LogP contribution in [0.4, 0.5) is 27.9 Å². The van der Waals surface area contributed by atoms with Crippen LogP contribution in [0, 0.1) is 29.1 Å². The molecule has 1 saturated heterocycles. The Bertz CT molecular complexity index is 957. The fourth-order valence-electron chi connectivity index (χ4n) is 3.02. The van der Waals surface area contributed by atoms with Crippen molar-refractivity contribution in [2.24, 2.45) is 0 Å². The van der Waals surface area contributed by atoms with E-state index in [1.165, 1.54) is 4.90 Å². The van der Waals surface area contributed by atoms with Crippen LogP contribution in [0.5, 0.6) is 0 Å². The van der Waals surface area contributed by atoms with Gasteiger partial charge in [-0.2, -0.15) is 0 Å². The molecule has 0 bridgehead atoms. The van der Waals surface area contributed by atoms with Crippen molar-refractivity contribution in [1.29, 1.82) is 0 Å². The third kappa shape index (κ3) is 4.40. The quantitative estimate of drug-likeness (QED) is 0.398.